The van der Waals surface area contributed by atoms with Gasteiger partial charge in [-0.2, -0.15) is 0 Å². The van der Waals surface area contributed by atoms with Gasteiger partial charge in [-0.3, -0.25) is 0 Å². The first-order chi connectivity index (χ1) is 6.00. The van der Waals surface area contributed by atoms with Crippen molar-refractivity contribution in [2.75, 3.05) is 0 Å². The molecule has 0 N–H and O–H groups in total. The van der Waals surface area contributed by atoms with E-state index in [0.29, 0.717) is 0 Å². The minimum absolute atomic E-state index is 0.0602. The number of hydrogen-bond acceptors (Lipinski definition) is 0. The molecule has 0 atom stereocenters. The van der Waals surface area contributed by atoms with Gasteiger partial charge in [0.15, 0.2) is 0 Å². The highest BCUT2D eigenvalue weighted by atomic mass is 79.9. The Morgan fingerprint density at radius 2 is 2.08 bits per heavy atom. The lowest BCUT2D eigenvalue weighted by atomic mass is 9.87. The summed E-state index contributed by atoms with van der Waals surface area (Å²) in [7, 11) is 0. The molecule has 13 heavy (non-hydrogen) atoms. The molecule has 0 nitrogen and oxygen atoms in total. The van der Waals surface area contributed by atoms with Crippen LogP contribution in [0, 0.1) is 5.82 Å². The molecule has 2 rings (SSSR count). The van der Waals surface area contributed by atoms with Crippen molar-refractivity contribution in [1.82, 2.24) is 0 Å². The van der Waals surface area contributed by atoms with Crippen molar-refractivity contribution in [3.63, 3.8) is 0 Å². The van der Waals surface area contributed by atoms with Crippen LogP contribution in [0.15, 0.2) is 16.6 Å². The van der Waals surface area contributed by atoms with E-state index >= 15 is 0 Å². The lowest BCUT2D eigenvalue weighted by Crippen LogP contribution is -2.11. The fraction of sp³-hybridized carbons (Fsp3) is 0.455. The van der Waals surface area contributed by atoms with Gasteiger partial charge in [0, 0.05) is 4.47 Å². The summed E-state index contributed by atoms with van der Waals surface area (Å²) in [5, 5.41) is 0. The van der Waals surface area contributed by atoms with Gasteiger partial charge in [-0.15, -0.1) is 0 Å². The number of halogens is 2. The molecule has 0 saturated heterocycles. The highest BCUT2D eigenvalue weighted by Crippen LogP contribution is 2.40. The van der Waals surface area contributed by atoms with E-state index in [1.165, 1.54) is 5.56 Å². The smallest absolute Gasteiger partial charge is 0.127 e. The lowest BCUT2D eigenvalue weighted by molar-refractivity contribution is 0.522. The molecule has 0 amide bonds. The molecule has 70 valence electrons. The third kappa shape index (κ3) is 1.41. The predicted molar refractivity (Wildman–Crippen MR) is 55.4 cm³/mol. The van der Waals surface area contributed by atoms with Gasteiger partial charge in [-0.05, 0) is 41.5 Å². The minimum atomic E-state index is -0.0602. The van der Waals surface area contributed by atoms with Crippen molar-refractivity contribution in [3.05, 3.63) is 33.5 Å². The highest BCUT2D eigenvalue weighted by Gasteiger charge is 2.31. The minimum Gasteiger partial charge on any atom is -0.207 e. The first-order valence-corrected chi connectivity index (χ1v) is 5.28. The lowest BCUT2D eigenvalue weighted by Gasteiger charge is -2.18. The predicted octanol–water partition coefficient (Wildman–Crippen LogP) is 3.81. The molecule has 1 aliphatic carbocycles. The summed E-state index contributed by atoms with van der Waals surface area (Å²) >= 11 is 3.33. The maximum atomic E-state index is 13.5. The Bertz CT molecular complexity index is 355. The Morgan fingerprint density at radius 1 is 1.38 bits per heavy atom. The van der Waals surface area contributed by atoms with Crippen molar-refractivity contribution in [3.8, 4) is 0 Å². The maximum Gasteiger partial charge on any atom is 0.127 e. The third-order valence-electron chi connectivity index (χ3n) is 2.89. The average Bonchev–Trinajstić information content (AvgIpc) is 2.28. The third-order valence-corrected chi connectivity index (χ3v) is 3.35. The van der Waals surface area contributed by atoms with Gasteiger partial charge in [0.25, 0.3) is 0 Å². The van der Waals surface area contributed by atoms with E-state index in [2.05, 4.69) is 29.8 Å². The fourth-order valence-electron chi connectivity index (χ4n) is 2.03. The summed E-state index contributed by atoms with van der Waals surface area (Å²) in [5.41, 5.74) is 2.22. The zero-order chi connectivity index (χ0) is 9.64. The fourth-order valence-corrected chi connectivity index (χ4v) is 2.46. The highest BCUT2D eigenvalue weighted by molar-refractivity contribution is 9.10. The summed E-state index contributed by atoms with van der Waals surface area (Å²) in [6.07, 6.45) is 1.93. The molecule has 2 heteroatoms. The number of hydrogen-bond donors (Lipinski definition) is 0. The molecular weight excluding hydrogens is 231 g/mol. The second-order valence-corrected chi connectivity index (χ2v) is 5.21. The Morgan fingerprint density at radius 3 is 2.77 bits per heavy atom. The van der Waals surface area contributed by atoms with Crippen molar-refractivity contribution < 1.29 is 4.39 Å². The van der Waals surface area contributed by atoms with Gasteiger partial charge in [0.1, 0.15) is 5.82 Å². The van der Waals surface area contributed by atoms with Crippen LogP contribution < -0.4 is 0 Å². The van der Waals surface area contributed by atoms with Crippen molar-refractivity contribution in [2.45, 2.75) is 32.1 Å². The largest absolute Gasteiger partial charge is 0.207 e. The van der Waals surface area contributed by atoms with E-state index in [4.69, 9.17) is 0 Å². The normalized spacial score (nSPS) is 18.8. The Labute approximate surface area is 86.3 Å². The van der Waals surface area contributed by atoms with Crippen LogP contribution >= 0.6 is 15.9 Å². The molecule has 0 bridgehead atoms. The van der Waals surface area contributed by atoms with E-state index in [0.717, 1.165) is 22.9 Å². The van der Waals surface area contributed by atoms with E-state index in [1.54, 1.807) is 6.07 Å². The number of fused-ring (bicyclic) bond motifs is 1. The molecule has 0 radical (unpaired) electrons. The first-order valence-electron chi connectivity index (χ1n) is 4.49. The Hall–Kier alpha value is -0.370. The Kier molecular flexibility index (Phi) is 1.99. The van der Waals surface area contributed by atoms with Crippen LogP contribution in [0.25, 0.3) is 0 Å². The summed E-state index contributed by atoms with van der Waals surface area (Å²) in [4.78, 5) is 0. The topological polar surface area (TPSA) is 0 Å². The molecule has 1 aromatic rings. The zero-order valence-corrected chi connectivity index (χ0v) is 9.41. The van der Waals surface area contributed by atoms with Crippen LogP contribution in [-0.4, -0.2) is 0 Å². The zero-order valence-electron chi connectivity index (χ0n) is 7.82. The van der Waals surface area contributed by atoms with Crippen LogP contribution in [0.1, 0.15) is 31.4 Å². The number of benzene rings is 1. The standard InChI is InChI=1S/C11H12BrF/c1-11(2)4-3-8-9(11)5-7(12)6-10(8)13/h5-6H,3-4H2,1-2H3. The molecule has 1 aromatic carbocycles. The molecule has 0 aliphatic heterocycles. The van der Waals surface area contributed by atoms with Crippen LogP contribution in [0.5, 0.6) is 0 Å². The first kappa shape index (κ1) is 9.20. The van der Waals surface area contributed by atoms with Gasteiger partial charge in [0.2, 0.25) is 0 Å². The van der Waals surface area contributed by atoms with Crippen LogP contribution in [0.2, 0.25) is 0 Å². The van der Waals surface area contributed by atoms with Gasteiger partial charge in [0.05, 0.1) is 0 Å². The summed E-state index contributed by atoms with van der Waals surface area (Å²) in [6.45, 7) is 4.34. The molecule has 0 heterocycles. The average molecular weight is 243 g/mol. The SMILES string of the molecule is CC1(C)CCc2c(F)cc(Br)cc21. The van der Waals surface area contributed by atoms with E-state index in [1.807, 2.05) is 6.07 Å². The van der Waals surface area contributed by atoms with Gasteiger partial charge < -0.3 is 0 Å². The van der Waals surface area contributed by atoms with E-state index < -0.39 is 0 Å². The van der Waals surface area contributed by atoms with Crippen molar-refractivity contribution >= 4 is 15.9 Å². The van der Waals surface area contributed by atoms with E-state index in [-0.39, 0.29) is 11.2 Å². The quantitative estimate of drug-likeness (QED) is 0.649. The van der Waals surface area contributed by atoms with E-state index in [9.17, 15) is 4.39 Å². The summed E-state index contributed by atoms with van der Waals surface area (Å²) < 4.78 is 14.3. The van der Waals surface area contributed by atoms with Crippen LogP contribution in [0.4, 0.5) is 4.39 Å². The second-order valence-electron chi connectivity index (χ2n) is 4.30. The van der Waals surface area contributed by atoms with Crippen LogP contribution in [0.3, 0.4) is 0 Å². The van der Waals surface area contributed by atoms with Crippen LogP contribution in [-0.2, 0) is 11.8 Å². The molecule has 0 fully saturated rings. The van der Waals surface area contributed by atoms with Crippen molar-refractivity contribution in [1.29, 1.82) is 0 Å². The maximum absolute atomic E-state index is 13.5. The summed E-state index contributed by atoms with van der Waals surface area (Å²) in [5.74, 6) is -0.0602. The van der Waals surface area contributed by atoms with Gasteiger partial charge in [-0.1, -0.05) is 29.8 Å². The van der Waals surface area contributed by atoms with Crippen molar-refractivity contribution in [2.24, 2.45) is 0 Å². The molecular formula is C11H12BrF. The molecule has 0 spiro atoms. The van der Waals surface area contributed by atoms with Gasteiger partial charge in [-0.25, -0.2) is 4.39 Å². The monoisotopic (exact) mass is 242 g/mol. The summed E-state index contributed by atoms with van der Waals surface area (Å²) in [6, 6.07) is 3.60. The molecule has 0 aromatic heterocycles. The molecule has 0 saturated carbocycles. The Balaban J connectivity index is 2.65. The number of rotatable bonds is 0. The molecule has 1 aliphatic rings. The second kappa shape index (κ2) is 2.81. The molecule has 0 unspecified atom stereocenters. The van der Waals surface area contributed by atoms with Gasteiger partial charge >= 0.3 is 0 Å².